The van der Waals surface area contributed by atoms with Crippen LogP contribution in [0.1, 0.15) is 18.9 Å². The van der Waals surface area contributed by atoms with Gasteiger partial charge in [-0.2, -0.15) is 11.8 Å². The standard InChI is InChI=1S/C12H17BrN2O2S/c1-9(18-2)5-6-14-8-10-7-11(13)3-4-12(10)15(16)17/h3-4,7,9,14H,5-6,8H2,1-2H3. The van der Waals surface area contributed by atoms with Gasteiger partial charge in [0.05, 0.1) is 4.92 Å². The number of nitrogens with zero attached hydrogens (tertiary/aromatic N) is 1. The SMILES string of the molecule is CSC(C)CCNCc1cc(Br)ccc1[N+](=O)[O-]. The van der Waals surface area contributed by atoms with E-state index in [1.54, 1.807) is 12.1 Å². The molecule has 0 aliphatic rings. The minimum absolute atomic E-state index is 0.170. The number of halogens is 1. The monoisotopic (exact) mass is 332 g/mol. The smallest absolute Gasteiger partial charge is 0.273 e. The highest BCUT2D eigenvalue weighted by molar-refractivity contribution is 9.10. The molecule has 0 aliphatic heterocycles. The van der Waals surface area contributed by atoms with Crippen LogP contribution in [-0.2, 0) is 6.54 Å². The highest BCUT2D eigenvalue weighted by Gasteiger charge is 2.13. The molecule has 0 amide bonds. The number of nitrogens with one attached hydrogen (secondary N) is 1. The number of rotatable bonds is 7. The first-order valence-electron chi connectivity index (χ1n) is 5.71. The van der Waals surface area contributed by atoms with Crippen molar-refractivity contribution in [3.63, 3.8) is 0 Å². The molecule has 0 spiro atoms. The van der Waals surface area contributed by atoms with Crippen LogP contribution >= 0.6 is 27.7 Å². The molecule has 1 unspecified atom stereocenters. The Bertz CT molecular complexity index is 415. The van der Waals surface area contributed by atoms with Crippen LogP contribution in [-0.4, -0.2) is 23.0 Å². The lowest BCUT2D eigenvalue weighted by molar-refractivity contribution is -0.385. The molecule has 0 aromatic heterocycles. The number of benzene rings is 1. The summed E-state index contributed by atoms with van der Waals surface area (Å²) in [6.45, 7) is 3.57. The fourth-order valence-corrected chi connectivity index (χ4v) is 2.28. The van der Waals surface area contributed by atoms with Crippen LogP contribution in [0.2, 0.25) is 0 Å². The van der Waals surface area contributed by atoms with Crippen molar-refractivity contribution in [2.75, 3.05) is 12.8 Å². The van der Waals surface area contributed by atoms with E-state index in [1.165, 1.54) is 6.07 Å². The highest BCUT2D eigenvalue weighted by Crippen LogP contribution is 2.22. The number of nitro groups is 1. The summed E-state index contributed by atoms with van der Waals surface area (Å²) < 4.78 is 0.863. The van der Waals surface area contributed by atoms with Gasteiger partial charge in [0.15, 0.2) is 0 Å². The third-order valence-corrected chi connectivity index (χ3v) is 4.22. The van der Waals surface area contributed by atoms with Crippen molar-refractivity contribution in [1.29, 1.82) is 0 Å². The maximum atomic E-state index is 10.9. The van der Waals surface area contributed by atoms with Crippen molar-refractivity contribution in [2.24, 2.45) is 0 Å². The normalized spacial score (nSPS) is 12.4. The van der Waals surface area contributed by atoms with Crippen LogP contribution in [0.25, 0.3) is 0 Å². The Labute approximate surface area is 120 Å². The summed E-state index contributed by atoms with van der Waals surface area (Å²) >= 11 is 5.16. The zero-order valence-electron chi connectivity index (χ0n) is 10.5. The molecule has 18 heavy (non-hydrogen) atoms. The molecule has 1 aromatic carbocycles. The van der Waals surface area contributed by atoms with Crippen LogP contribution in [0, 0.1) is 10.1 Å². The fraction of sp³-hybridized carbons (Fsp3) is 0.500. The molecule has 0 bridgehead atoms. The number of hydrogen-bond acceptors (Lipinski definition) is 4. The predicted octanol–water partition coefficient (Wildman–Crippen LogP) is 3.59. The van der Waals surface area contributed by atoms with E-state index in [0.29, 0.717) is 17.4 Å². The quantitative estimate of drug-likeness (QED) is 0.471. The van der Waals surface area contributed by atoms with E-state index >= 15 is 0 Å². The van der Waals surface area contributed by atoms with Crippen LogP contribution in [0.5, 0.6) is 0 Å². The summed E-state index contributed by atoms with van der Waals surface area (Å²) in [5.74, 6) is 0. The number of hydrogen-bond donors (Lipinski definition) is 1. The van der Waals surface area contributed by atoms with Gasteiger partial charge in [0.1, 0.15) is 0 Å². The molecule has 6 heteroatoms. The molecule has 0 aliphatic carbocycles. The Kier molecular flexibility index (Phi) is 6.67. The van der Waals surface area contributed by atoms with Crippen LogP contribution in [0.3, 0.4) is 0 Å². The second-order valence-corrected chi connectivity index (χ2v) is 6.23. The molecule has 0 fully saturated rings. The molecule has 1 aromatic rings. The van der Waals surface area contributed by atoms with E-state index in [4.69, 9.17) is 0 Å². The molecule has 0 heterocycles. The largest absolute Gasteiger partial charge is 0.312 e. The van der Waals surface area contributed by atoms with E-state index in [9.17, 15) is 10.1 Å². The van der Waals surface area contributed by atoms with Gasteiger partial charge in [0.2, 0.25) is 0 Å². The van der Waals surface area contributed by atoms with Gasteiger partial charge in [0.25, 0.3) is 5.69 Å². The van der Waals surface area contributed by atoms with E-state index in [0.717, 1.165) is 17.4 Å². The van der Waals surface area contributed by atoms with Gasteiger partial charge in [0, 0.05) is 27.9 Å². The van der Waals surface area contributed by atoms with Gasteiger partial charge >= 0.3 is 0 Å². The zero-order valence-corrected chi connectivity index (χ0v) is 12.9. The van der Waals surface area contributed by atoms with Crippen molar-refractivity contribution in [2.45, 2.75) is 25.1 Å². The average Bonchev–Trinajstić information content (AvgIpc) is 2.34. The van der Waals surface area contributed by atoms with Gasteiger partial charge in [-0.3, -0.25) is 10.1 Å². The summed E-state index contributed by atoms with van der Waals surface area (Å²) in [6.07, 6.45) is 3.15. The third-order valence-electron chi connectivity index (χ3n) is 2.68. The first-order chi connectivity index (χ1) is 8.54. The van der Waals surface area contributed by atoms with E-state index in [-0.39, 0.29) is 10.6 Å². The van der Waals surface area contributed by atoms with Gasteiger partial charge < -0.3 is 5.32 Å². The van der Waals surface area contributed by atoms with Crippen molar-refractivity contribution in [3.05, 3.63) is 38.3 Å². The maximum Gasteiger partial charge on any atom is 0.273 e. The Balaban J connectivity index is 2.55. The Hall–Kier alpha value is -0.590. The van der Waals surface area contributed by atoms with E-state index in [2.05, 4.69) is 34.4 Å². The van der Waals surface area contributed by atoms with Gasteiger partial charge in [-0.05, 0) is 31.4 Å². The van der Waals surface area contributed by atoms with Gasteiger partial charge in [-0.15, -0.1) is 0 Å². The van der Waals surface area contributed by atoms with E-state index < -0.39 is 0 Å². The first-order valence-corrected chi connectivity index (χ1v) is 7.79. The molecule has 100 valence electrons. The fourth-order valence-electron chi connectivity index (χ4n) is 1.52. The Morgan fingerprint density at radius 3 is 2.89 bits per heavy atom. The second-order valence-electron chi connectivity index (χ2n) is 4.04. The van der Waals surface area contributed by atoms with Crippen molar-refractivity contribution >= 4 is 33.4 Å². The average molecular weight is 333 g/mol. The molecule has 1 rings (SSSR count). The minimum Gasteiger partial charge on any atom is -0.312 e. The molecule has 0 saturated carbocycles. The van der Waals surface area contributed by atoms with Crippen molar-refractivity contribution < 1.29 is 4.92 Å². The molecule has 0 radical (unpaired) electrons. The lowest BCUT2D eigenvalue weighted by atomic mass is 10.2. The maximum absolute atomic E-state index is 10.9. The zero-order chi connectivity index (χ0) is 13.5. The first kappa shape index (κ1) is 15.5. The topological polar surface area (TPSA) is 55.2 Å². The van der Waals surface area contributed by atoms with E-state index in [1.807, 2.05) is 11.8 Å². The summed E-state index contributed by atoms with van der Waals surface area (Å²) in [5, 5.41) is 14.7. The summed E-state index contributed by atoms with van der Waals surface area (Å²) in [6, 6.07) is 5.02. The Morgan fingerprint density at radius 2 is 2.28 bits per heavy atom. The molecule has 0 saturated heterocycles. The predicted molar refractivity (Wildman–Crippen MR) is 80.1 cm³/mol. The lowest BCUT2D eigenvalue weighted by Crippen LogP contribution is -2.18. The highest BCUT2D eigenvalue weighted by atomic mass is 79.9. The van der Waals surface area contributed by atoms with Gasteiger partial charge in [-0.25, -0.2) is 0 Å². The third kappa shape index (κ3) is 4.96. The van der Waals surface area contributed by atoms with Gasteiger partial charge in [-0.1, -0.05) is 22.9 Å². The molecule has 1 atom stereocenters. The molecular weight excluding hydrogens is 316 g/mol. The summed E-state index contributed by atoms with van der Waals surface area (Å²) in [4.78, 5) is 10.5. The Morgan fingerprint density at radius 1 is 1.56 bits per heavy atom. The van der Waals surface area contributed by atoms with Crippen LogP contribution in [0.15, 0.2) is 22.7 Å². The second kappa shape index (κ2) is 7.76. The summed E-state index contributed by atoms with van der Waals surface area (Å²) in [5.41, 5.74) is 0.884. The number of thioether (sulfide) groups is 1. The lowest BCUT2D eigenvalue weighted by Gasteiger charge is -2.09. The molecular formula is C12H17BrN2O2S. The molecule has 4 nitrogen and oxygen atoms in total. The van der Waals surface area contributed by atoms with Crippen LogP contribution in [0.4, 0.5) is 5.69 Å². The summed E-state index contributed by atoms with van der Waals surface area (Å²) in [7, 11) is 0. The molecule has 1 N–H and O–H groups in total. The number of nitro benzene ring substituents is 1. The minimum atomic E-state index is -0.339. The van der Waals surface area contributed by atoms with Crippen LogP contribution < -0.4 is 5.32 Å². The van der Waals surface area contributed by atoms with Crippen molar-refractivity contribution in [3.8, 4) is 0 Å². The van der Waals surface area contributed by atoms with Crippen molar-refractivity contribution in [1.82, 2.24) is 5.32 Å².